The molecule has 1 fully saturated rings. The number of carbonyl (C=O) groups is 1. The Morgan fingerprint density at radius 1 is 1.39 bits per heavy atom. The zero-order valence-electron chi connectivity index (χ0n) is 13.2. The van der Waals surface area contributed by atoms with Crippen molar-refractivity contribution in [3.8, 4) is 10.6 Å². The fourth-order valence-corrected chi connectivity index (χ4v) is 4.10. The molecule has 1 heterocycles. The summed E-state index contributed by atoms with van der Waals surface area (Å²) in [5, 5.41) is 6.74. The Bertz CT molecular complexity index is 685. The summed E-state index contributed by atoms with van der Waals surface area (Å²) in [6, 6.07) is 7.96. The van der Waals surface area contributed by atoms with Gasteiger partial charge in [0, 0.05) is 22.0 Å². The summed E-state index contributed by atoms with van der Waals surface area (Å²) in [5.74, 6) is 0.650. The molecule has 2 unspecified atom stereocenters. The first kappa shape index (κ1) is 16.5. The van der Waals surface area contributed by atoms with Gasteiger partial charge in [0.05, 0.1) is 12.1 Å². The number of hydrogen-bond donors (Lipinski definition) is 1. The van der Waals surface area contributed by atoms with Crippen LogP contribution in [0.2, 0.25) is 5.02 Å². The molecule has 1 aromatic heterocycles. The number of nitrogens with one attached hydrogen (secondary N) is 1. The zero-order valence-corrected chi connectivity index (χ0v) is 14.8. The van der Waals surface area contributed by atoms with E-state index >= 15 is 0 Å². The number of halogens is 1. The maximum absolute atomic E-state index is 12.3. The Balaban J connectivity index is 1.61. The monoisotopic (exact) mass is 348 g/mol. The molecule has 3 nitrogen and oxygen atoms in total. The highest BCUT2D eigenvalue weighted by molar-refractivity contribution is 7.13. The summed E-state index contributed by atoms with van der Waals surface area (Å²) >= 11 is 7.57. The first-order valence-electron chi connectivity index (χ1n) is 8.11. The third-order valence-corrected chi connectivity index (χ3v) is 5.60. The van der Waals surface area contributed by atoms with Gasteiger partial charge in [-0.15, -0.1) is 11.3 Å². The molecule has 2 aromatic rings. The van der Waals surface area contributed by atoms with Gasteiger partial charge in [-0.3, -0.25) is 4.79 Å². The van der Waals surface area contributed by atoms with Crippen LogP contribution in [0, 0.1) is 5.92 Å². The number of nitrogens with zero attached hydrogens (tertiary/aromatic N) is 1. The molecule has 0 spiro atoms. The highest BCUT2D eigenvalue weighted by atomic mass is 35.5. The van der Waals surface area contributed by atoms with Crippen molar-refractivity contribution in [2.24, 2.45) is 5.92 Å². The standard InChI is InChI=1S/C18H21ClN2OS/c1-12-5-2-3-8-16(12)21-17(22)10-15-11-23-18(20-15)13-6-4-7-14(19)9-13/h4,6-7,9,11-12,16H,2-3,5,8,10H2,1H3,(H,21,22). The number of thiazole rings is 1. The zero-order chi connectivity index (χ0) is 16.2. The number of amides is 1. The molecule has 0 saturated heterocycles. The van der Waals surface area contributed by atoms with E-state index in [9.17, 15) is 4.79 Å². The average Bonchev–Trinajstić information content (AvgIpc) is 2.98. The second-order valence-electron chi connectivity index (χ2n) is 6.27. The third kappa shape index (κ3) is 4.33. The molecule has 2 atom stereocenters. The second kappa shape index (κ2) is 7.45. The third-order valence-electron chi connectivity index (χ3n) is 4.42. The van der Waals surface area contributed by atoms with Crippen LogP contribution in [0.1, 0.15) is 38.3 Å². The van der Waals surface area contributed by atoms with E-state index in [0.717, 1.165) is 22.7 Å². The summed E-state index contributed by atoms with van der Waals surface area (Å²) in [5.41, 5.74) is 1.82. The second-order valence-corrected chi connectivity index (χ2v) is 7.56. The minimum absolute atomic E-state index is 0.0756. The number of hydrogen-bond acceptors (Lipinski definition) is 3. The first-order valence-corrected chi connectivity index (χ1v) is 9.37. The molecule has 5 heteroatoms. The van der Waals surface area contributed by atoms with Crippen LogP contribution < -0.4 is 5.32 Å². The van der Waals surface area contributed by atoms with Crippen LogP contribution in [0.25, 0.3) is 10.6 Å². The van der Waals surface area contributed by atoms with Gasteiger partial charge in [0.25, 0.3) is 0 Å². The first-order chi connectivity index (χ1) is 11.1. The van der Waals surface area contributed by atoms with Gasteiger partial charge in [-0.2, -0.15) is 0 Å². The lowest BCUT2D eigenvalue weighted by Crippen LogP contribution is -2.41. The number of benzene rings is 1. The number of carbonyl (C=O) groups excluding carboxylic acids is 1. The van der Waals surface area contributed by atoms with Gasteiger partial charge in [0.15, 0.2) is 0 Å². The lowest BCUT2D eigenvalue weighted by Gasteiger charge is -2.29. The SMILES string of the molecule is CC1CCCCC1NC(=O)Cc1csc(-c2cccc(Cl)c2)n1. The molecule has 122 valence electrons. The Morgan fingerprint density at radius 2 is 2.22 bits per heavy atom. The maximum Gasteiger partial charge on any atom is 0.226 e. The van der Waals surface area contributed by atoms with Gasteiger partial charge >= 0.3 is 0 Å². The van der Waals surface area contributed by atoms with Crippen LogP contribution in [0.5, 0.6) is 0 Å². The molecule has 0 radical (unpaired) electrons. The van der Waals surface area contributed by atoms with Crippen molar-refractivity contribution >= 4 is 28.8 Å². The van der Waals surface area contributed by atoms with Crippen LogP contribution in [0.4, 0.5) is 0 Å². The van der Waals surface area contributed by atoms with Crippen molar-refractivity contribution in [1.29, 1.82) is 0 Å². The van der Waals surface area contributed by atoms with Crippen LogP contribution in [0.15, 0.2) is 29.6 Å². The maximum atomic E-state index is 12.3. The van der Waals surface area contributed by atoms with Crippen LogP contribution >= 0.6 is 22.9 Å². The predicted octanol–water partition coefficient (Wildman–Crippen LogP) is 4.70. The quantitative estimate of drug-likeness (QED) is 0.870. The molecule has 1 aliphatic carbocycles. The van der Waals surface area contributed by atoms with E-state index in [4.69, 9.17) is 11.6 Å². The molecule has 0 bridgehead atoms. The van der Waals surface area contributed by atoms with Crippen molar-refractivity contribution in [2.45, 2.75) is 45.1 Å². The average molecular weight is 349 g/mol. The van der Waals surface area contributed by atoms with Gasteiger partial charge in [0.1, 0.15) is 5.01 Å². The normalized spacial score (nSPS) is 21.1. The number of aromatic nitrogens is 1. The summed E-state index contributed by atoms with van der Waals surface area (Å²) in [7, 11) is 0. The summed E-state index contributed by atoms with van der Waals surface area (Å²) < 4.78 is 0. The lowest BCUT2D eigenvalue weighted by molar-refractivity contribution is -0.121. The molecular weight excluding hydrogens is 328 g/mol. The highest BCUT2D eigenvalue weighted by Gasteiger charge is 2.23. The van der Waals surface area contributed by atoms with Crippen molar-refractivity contribution < 1.29 is 4.79 Å². The molecule has 0 aliphatic heterocycles. The van der Waals surface area contributed by atoms with Gasteiger partial charge in [-0.25, -0.2) is 4.98 Å². The van der Waals surface area contributed by atoms with Gasteiger partial charge in [0.2, 0.25) is 5.91 Å². The van der Waals surface area contributed by atoms with Gasteiger partial charge < -0.3 is 5.32 Å². The molecule has 1 aliphatic rings. The Morgan fingerprint density at radius 3 is 3.00 bits per heavy atom. The van der Waals surface area contributed by atoms with Gasteiger partial charge in [-0.1, -0.05) is 43.5 Å². The van der Waals surface area contributed by atoms with Gasteiger partial charge in [-0.05, 0) is 30.9 Å². The topological polar surface area (TPSA) is 42.0 Å². The van der Waals surface area contributed by atoms with E-state index in [2.05, 4.69) is 17.2 Å². The predicted molar refractivity (Wildman–Crippen MR) is 95.8 cm³/mol. The number of rotatable bonds is 4. The molecule has 3 rings (SSSR count). The van der Waals surface area contributed by atoms with Crippen molar-refractivity contribution in [3.05, 3.63) is 40.4 Å². The highest BCUT2D eigenvalue weighted by Crippen LogP contribution is 2.27. The van der Waals surface area contributed by atoms with Crippen LogP contribution in [-0.4, -0.2) is 16.9 Å². The van der Waals surface area contributed by atoms with E-state index in [0.29, 0.717) is 23.4 Å². The molecule has 1 amide bonds. The Kier molecular flexibility index (Phi) is 5.34. The fraction of sp³-hybridized carbons (Fsp3) is 0.444. The molecule has 1 aromatic carbocycles. The molecule has 23 heavy (non-hydrogen) atoms. The minimum Gasteiger partial charge on any atom is -0.353 e. The van der Waals surface area contributed by atoms with E-state index < -0.39 is 0 Å². The van der Waals surface area contributed by atoms with Crippen LogP contribution in [0.3, 0.4) is 0 Å². The van der Waals surface area contributed by atoms with Crippen molar-refractivity contribution in [3.63, 3.8) is 0 Å². The lowest BCUT2D eigenvalue weighted by atomic mass is 9.86. The van der Waals surface area contributed by atoms with E-state index in [1.165, 1.54) is 19.3 Å². The molecule has 1 N–H and O–H groups in total. The van der Waals surface area contributed by atoms with Crippen molar-refractivity contribution in [1.82, 2.24) is 10.3 Å². The molecular formula is C18H21ClN2OS. The fourth-order valence-electron chi connectivity index (χ4n) is 3.10. The Hall–Kier alpha value is -1.39. The van der Waals surface area contributed by atoms with E-state index in [1.807, 2.05) is 29.6 Å². The summed E-state index contributed by atoms with van der Waals surface area (Å²) in [6.45, 7) is 2.23. The minimum atomic E-state index is 0.0756. The van der Waals surface area contributed by atoms with E-state index in [1.54, 1.807) is 11.3 Å². The van der Waals surface area contributed by atoms with Crippen molar-refractivity contribution in [2.75, 3.05) is 0 Å². The summed E-state index contributed by atoms with van der Waals surface area (Å²) in [6.07, 6.45) is 5.14. The summed E-state index contributed by atoms with van der Waals surface area (Å²) in [4.78, 5) is 16.8. The van der Waals surface area contributed by atoms with Crippen LogP contribution in [-0.2, 0) is 11.2 Å². The largest absolute Gasteiger partial charge is 0.353 e. The smallest absolute Gasteiger partial charge is 0.226 e. The Labute approximate surface area is 146 Å². The molecule has 1 saturated carbocycles. The van der Waals surface area contributed by atoms with E-state index in [-0.39, 0.29) is 5.91 Å².